The Kier molecular flexibility index (Phi) is 9.93. The molecule has 182 valence electrons. The monoisotopic (exact) mass is 502 g/mol. The van der Waals surface area contributed by atoms with Gasteiger partial charge in [0.05, 0.1) is 13.3 Å². The second-order valence-electron chi connectivity index (χ2n) is 7.77. The first-order chi connectivity index (χ1) is 16.5. The van der Waals surface area contributed by atoms with Crippen LogP contribution in [-0.2, 0) is 19.6 Å². The molecule has 10 heteroatoms. The Balaban J connectivity index is 1.76. The molecule has 2 N–H and O–H groups in total. The maximum Gasteiger partial charge on any atom is 0.314 e. The van der Waals surface area contributed by atoms with Gasteiger partial charge in [0.25, 0.3) is 0 Å². The highest BCUT2D eigenvalue weighted by molar-refractivity contribution is 7.07. The van der Waals surface area contributed by atoms with E-state index in [2.05, 4.69) is 37.5 Å². The maximum atomic E-state index is 11.7. The smallest absolute Gasteiger partial charge is 0.314 e. The number of hydrogen-bond acceptors (Lipinski definition) is 6. The van der Waals surface area contributed by atoms with Crippen molar-refractivity contribution >= 4 is 34.8 Å². The van der Waals surface area contributed by atoms with Crippen molar-refractivity contribution in [2.75, 3.05) is 27.2 Å². The number of urea groups is 1. The van der Waals surface area contributed by atoms with E-state index in [-0.39, 0.29) is 6.03 Å². The fourth-order valence-corrected chi connectivity index (χ4v) is 4.42. The number of nitrogens with zero attached hydrogens (tertiary/aromatic N) is 4. The van der Waals surface area contributed by atoms with Gasteiger partial charge >= 0.3 is 6.03 Å². The van der Waals surface area contributed by atoms with Crippen molar-refractivity contribution in [2.45, 2.75) is 33.0 Å². The van der Waals surface area contributed by atoms with Crippen LogP contribution in [0.25, 0.3) is 0 Å². The van der Waals surface area contributed by atoms with E-state index in [0.717, 1.165) is 41.6 Å². The minimum Gasteiger partial charge on any atom is -0.495 e. The summed E-state index contributed by atoms with van der Waals surface area (Å²) < 4.78 is 7.39. The highest BCUT2D eigenvalue weighted by Crippen LogP contribution is 2.16. The molecule has 2 aromatic heterocycles. The molecular weight excluding hydrogens is 472 g/mol. The van der Waals surface area contributed by atoms with E-state index in [1.54, 1.807) is 24.6 Å². The number of hydrogen-bond donors (Lipinski definition) is 2. The summed E-state index contributed by atoms with van der Waals surface area (Å²) in [6.07, 6.45) is 2.44. The standard InChI is InChI=1S/C24H31ClN6O2S/c1-4-26-23(32)27-12-5-13-31-20(16-30(2)15-18-6-8-19(25)9-7-18)17-34-24(31)29-22-11-10-21(33-3)14-28-22/h6-11,14,17H,4-5,12-13,15-16H2,1-3H3,(H2,26,27,32). The molecule has 0 saturated carbocycles. The first kappa shape index (κ1) is 25.7. The predicted molar refractivity (Wildman–Crippen MR) is 137 cm³/mol. The zero-order chi connectivity index (χ0) is 24.3. The van der Waals surface area contributed by atoms with Crippen LogP contribution in [0.4, 0.5) is 10.6 Å². The molecule has 1 aromatic carbocycles. The van der Waals surface area contributed by atoms with Crippen LogP contribution in [0.15, 0.2) is 53.0 Å². The topological polar surface area (TPSA) is 83.8 Å². The van der Waals surface area contributed by atoms with Crippen LogP contribution in [0.5, 0.6) is 5.75 Å². The number of pyridine rings is 1. The number of amides is 2. The summed E-state index contributed by atoms with van der Waals surface area (Å²) in [5.41, 5.74) is 2.36. The van der Waals surface area contributed by atoms with Crippen LogP contribution in [-0.4, -0.2) is 47.7 Å². The lowest BCUT2D eigenvalue weighted by Gasteiger charge is -2.18. The summed E-state index contributed by atoms with van der Waals surface area (Å²) in [7, 11) is 3.71. The van der Waals surface area contributed by atoms with E-state index < -0.39 is 0 Å². The van der Waals surface area contributed by atoms with Gasteiger partial charge in [0, 0.05) is 48.8 Å². The molecule has 2 heterocycles. The van der Waals surface area contributed by atoms with Crippen molar-refractivity contribution in [3.8, 4) is 5.75 Å². The first-order valence-electron chi connectivity index (χ1n) is 11.1. The highest BCUT2D eigenvalue weighted by Gasteiger charge is 2.10. The summed E-state index contributed by atoms with van der Waals surface area (Å²) in [6, 6.07) is 11.5. The number of halogens is 1. The van der Waals surface area contributed by atoms with Gasteiger partial charge in [-0.2, -0.15) is 0 Å². The van der Waals surface area contributed by atoms with Gasteiger partial charge in [0.2, 0.25) is 0 Å². The largest absolute Gasteiger partial charge is 0.495 e. The van der Waals surface area contributed by atoms with Crippen molar-refractivity contribution in [2.24, 2.45) is 4.99 Å². The third kappa shape index (κ3) is 7.86. The number of thiazole rings is 1. The van der Waals surface area contributed by atoms with Crippen molar-refractivity contribution in [1.29, 1.82) is 0 Å². The molecule has 0 spiro atoms. The molecule has 2 amide bonds. The quantitative estimate of drug-likeness (QED) is 0.385. The summed E-state index contributed by atoms with van der Waals surface area (Å²) in [5.74, 6) is 1.32. The fourth-order valence-electron chi connectivity index (χ4n) is 3.37. The molecule has 0 aliphatic heterocycles. The number of carbonyl (C=O) groups excluding carboxylic acids is 1. The van der Waals surface area contributed by atoms with E-state index in [0.29, 0.717) is 24.7 Å². The SMILES string of the molecule is CCNC(=O)NCCCn1c(CN(C)Cc2ccc(Cl)cc2)csc1=Nc1ccc(OC)cn1. The molecule has 0 atom stereocenters. The van der Waals surface area contributed by atoms with Crippen LogP contribution in [0.3, 0.4) is 0 Å². The zero-order valence-corrected chi connectivity index (χ0v) is 21.3. The van der Waals surface area contributed by atoms with Crippen LogP contribution in [0, 0.1) is 0 Å². The number of nitrogens with one attached hydrogen (secondary N) is 2. The second-order valence-corrected chi connectivity index (χ2v) is 9.04. The van der Waals surface area contributed by atoms with Crippen molar-refractivity contribution < 1.29 is 9.53 Å². The molecule has 3 aromatic rings. The summed E-state index contributed by atoms with van der Waals surface area (Å²) >= 11 is 7.60. The Labute approximate surface area is 209 Å². The first-order valence-corrected chi connectivity index (χ1v) is 12.4. The number of ether oxygens (including phenoxy) is 1. The average Bonchev–Trinajstić information content (AvgIpc) is 3.19. The Morgan fingerprint density at radius 3 is 2.68 bits per heavy atom. The number of benzene rings is 1. The van der Waals surface area contributed by atoms with E-state index in [1.807, 2.05) is 43.3 Å². The van der Waals surface area contributed by atoms with Crippen LogP contribution in [0.1, 0.15) is 24.6 Å². The Morgan fingerprint density at radius 1 is 1.21 bits per heavy atom. The van der Waals surface area contributed by atoms with E-state index in [4.69, 9.17) is 21.3 Å². The molecule has 3 rings (SSSR count). The summed E-state index contributed by atoms with van der Waals surface area (Å²) in [4.78, 5) is 24.0. The van der Waals surface area contributed by atoms with Gasteiger partial charge < -0.3 is 19.9 Å². The normalized spacial score (nSPS) is 11.6. The minimum absolute atomic E-state index is 0.145. The fraction of sp³-hybridized carbons (Fsp3) is 0.375. The third-order valence-electron chi connectivity index (χ3n) is 5.02. The third-order valence-corrected chi connectivity index (χ3v) is 6.19. The van der Waals surface area contributed by atoms with E-state index >= 15 is 0 Å². The molecule has 0 radical (unpaired) electrons. The molecular formula is C24H31ClN6O2S. The lowest BCUT2D eigenvalue weighted by molar-refractivity contribution is 0.241. The molecule has 0 saturated heterocycles. The van der Waals surface area contributed by atoms with Crippen LogP contribution in [0.2, 0.25) is 5.02 Å². The Bertz CT molecular complexity index is 1110. The average molecular weight is 503 g/mol. The molecule has 0 aliphatic carbocycles. The Morgan fingerprint density at radius 2 is 2.00 bits per heavy atom. The van der Waals surface area contributed by atoms with E-state index in [1.165, 1.54) is 5.56 Å². The number of aromatic nitrogens is 2. The highest BCUT2D eigenvalue weighted by atomic mass is 35.5. The lowest BCUT2D eigenvalue weighted by atomic mass is 10.2. The number of methoxy groups -OCH3 is 1. The maximum absolute atomic E-state index is 11.7. The molecule has 0 unspecified atom stereocenters. The van der Waals surface area contributed by atoms with Gasteiger partial charge in [-0.05, 0) is 50.2 Å². The van der Waals surface area contributed by atoms with Crippen molar-refractivity contribution in [3.63, 3.8) is 0 Å². The summed E-state index contributed by atoms with van der Waals surface area (Å²) in [5, 5.41) is 8.51. The van der Waals surface area contributed by atoms with Crippen LogP contribution >= 0.6 is 22.9 Å². The second kappa shape index (κ2) is 13.1. The minimum atomic E-state index is -0.145. The van der Waals surface area contributed by atoms with Gasteiger partial charge in [-0.3, -0.25) is 4.90 Å². The van der Waals surface area contributed by atoms with Gasteiger partial charge in [-0.15, -0.1) is 11.3 Å². The van der Waals surface area contributed by atoms with E-state index in [9.17, 15) is 4.79 Å². The lowest BCUT2D eigenvalue weighted by Crippen LogP contribution is -2.36. The van der Waals surface area contributed by atoms with Crippen molar-refractivity contribution in [3.05, 3.63) is 69.1 Å². The van der Waals surface area contributed by atoms with Crippen molar-refractivity contribution in [1.82, 2.24) is 25.1 Å². The number of rotatable bonds is 11. The molecule has 0 bridgehead atoms. The number of carbonyl (C=O) groups is 1. The van der Waals surface area contributed by atoms with Gasteiger partial charge in [0.1, 0.15) is 5.75 Å². The Hall–Kier alpha value is -2.88. The van der Waals surface area contributed by atoms with Gasteiger partial charge in [-0.1, -0.05) is 23.7 Å². The molecule has 0 aliphatic rings. The van der Waals surface area contributed by atoms with Gasteiger partial charge in [0.15, 0.2) is 10.6 Å². The van der Waals surface area contributed by atoms with Gasteiger partial charge in [-0.25, -0.2) is 14.8 Å². The zero-order valence-electron chi connectivity index (χ0n) is 19.8. The molecule has 8 nitrogen and oxygen atoms in total. The molecule has 0 fully saturated rings. The predicted octanol–water partition coefficient (Wildman–Crippen LogP) is 4.18. The van der Waals surface area contributed by atoms with Crippen LogP contribution < -0.4 is 20.2 Å². The summed E-state index contributed by atoms with van der Waals surface area (Å²) in [6.45, 7) is 5.37. The molecule has 34 heavy (non-hydrogen) atoms.